The lowest BCUT2D eigenvalue weighted by atomic mass is 10.1. The van der Waals surface area contributed by atoms with Gasteiger partial charge in [-0.25, -0.2) is 0 Å². The van der Waals surface area contributed by atoms with Crippen LogP contribution in [0.1, 0.15) is 109 Å². The fourth-order valence-electron chi connectivity index (χ4n) is 4.60. The Kier molecular flexibility index (Phi) is 17.5. The van der Waals surface area contributed by atoms with Crippen molar-refractivity contribution in [2.24, 2.45) is 0 Å². The van der Waals surface area contributed by atoms with Gasteiger partial charge in [0.1, 0.15) is 10.6 Å². The van der Waals surface area contributed by atoms with Gasteiger partial charge in [0.15, 0.2) is 0 Å². The second-order valence-corrected chi connectivity index (χ2v) is 10.8. The molecule has 0 aliphatic carbocycles. The number of hydrogen-bond donors (Lipinski definition) is 0. The van der Waals surface area contributed by atoms with E-state index in [1.165, 1.54) is 109 Å². The zero-order chi connectivity index (χ0) is 22.6. The second-order valence-electron chi connectivity index (χ2n) is 9.39. The first kappa shape index (κ1) is 28.5. The predicted octanol–water partition coefficient (Wildman–Crippen LogP) is 8.94. The quantitative estimate of drug-likeness (QED) is 0.0388. The van der Waals surface area contributed by atoms with Gasteiger partial charge in [0.2, 0.25) is 0 Å². The van der Waals surface area contributed by atoms with Gasteiger partial charge in [0.05, 0.1) is 13.1 Å². The largest absolute Gasteiger partial charge is 0.303 e. The smallest absolute Gasteiger partial charge is 0.144 e. The Hall–Kier alpha value is -0.530. The molecule has 176 valence electrons. The molecule has 0 bridgehead atoms. The van der Waals surface area contributed by atoms with Crippen molar-refractivity contribution in [1.29, 1.82) is 0 Å². The van der Waals surface area contributed by atoms with E-state index >= 15 is 0 Å². The van der Waals surface area contributed by atoms with Gasteiger partial charge >= 0.3 is 0 Å². The van der Waals surface area contributed by atoms with Crippen molar-refractivity contribution in [3.05, 3.63) is 35.9 Å². The molecule has 0 spiro atoms. The number of alkyl halides is 1. The minimum Gasteiger partial charge on any atom is -0.303 e. The lowest BCUT2D eigenvalue weighted by molar-refractivity contribution is -0.927. The van der Waals surface area contributed by atoms with Crippen LogP contribution in [0.2, 0.25) is 0 Å². The van der Waals surface area contributed by atoms with Crippen LogP contribution in [-0.2, 0) is 6.42 Å². The first-order valence-electron chi connectivity index (χ1n) is 13.2. The van der Waals surface area contributed by atoms with Gasteiger partial charge < -0.3 is 4.48 Å². The molecule has 1 aromatic carbocycles. The van der Waals surface area contributed by atoms with Crippen LogP contribution in [0.3, 0.4) is 0 Å². The van der Waals surface area contributed by atoms with E-state index in [4.69, 9.17) is 6.42 Å². The van der Waals surface area contributed by atoms with Crippen molar-refractivity contribution >= 4 is 22.6 Å². The summed E-state index contributed by atoms with van der Waals surface area (Å²) in [5.41, 5.74) is 1.44. The monoisotopic (exact) mass is 538 g/mol. The highest BCUT2D eigenvalue weighted by Crippen LogP contribution is 2.27. The Labute approximate surface area is 208 Å². The first-order valence-corrected chi connectivity index (χ1v) is 14.4. The van der Waals surface area contributed by atoms with Gasteiger partial charge in [-0.2, -0.15) is 0 Å². The minimum atomic E-state index is 0.552. The predicted molar refractivity (Wildman–Crippen MR) is 148 cm³/mol. The fourth-order valence-corrected chi connectivity index (χ4v) is 5.86. The fraction of sp³-hybridized carbons (Fsp3) is 0.724. The Morgan fingerprint density at radius 2 is 1.19 bits per heavy atom. The number of rotatable bonds is 20. The molecule has 1 unspecified atom stereocenters. The number of benzene rings is 1. The third-order valence-electron chi connectivity index (χ3n) is 6.66. The van der Waals surface area contributed by atoms with Crippen molar-refractivity contribution in [3.8, 4) is 12.3 Å². The van der Waals surface area contributed by atoms with Gasteiger partial charge in [-0.3, -0.25) is 0 Å². The maximum atomic E-state index is 5.95. The first-order chi connectivity index (χ1) is 15.2. The molecule has 1 nitrogen and oxygen atoms in total. The summed E-state index contributed by atoms with van der Waals surface area (Å²) in [6, 6.07) is 11.0. The van der Waals surface area contributed by atoms with Crippen LogP contribution in [0.5, 0.6) is 0 Å². The van der Waals surface area contributed by atoms with E-state index < -0.39 is 0 Å². The third-order valence-corrected chi connectivity index (χ3v) is 8.28. The molecule has 0 heterocycles. The molecule has 0 aromatic heterocycles. The van der Waals surface area contributed by atoms with Crippen molar-refractivity contribution < 1.29 is 4.48 Å². The SMILES string of the molecule is C#CC[N+](CCCCCCCCC)(CCCCCCCCC)C(I)Cc1ccccc1. The van der Waals surface area contributed by atoms with Crippen LogP contribution in [0.4, 0.5) is 0 Å². The molecule has 0 fully saturated rings. The van der Waals surface area contributed by atoms with E-state index in [0.717, 1.165) is 17.4 Å². The van der Waals surface area contributed by atoms with E-state index in [1.54, 1.807) is 0 Å². The van der Waals surface area contributed by atoms with Crippen molar-refractivity contribution in [1.82, 2.24) is 0 Å². The Bertz CT molecular complexity index is 544. The Morgan fingerprint density at radius 1 is 0.742 bits per heavy atom. The number of nitrogens with zero attached hydrogens (tertiary/aromatic N) is 1. The van der Waals surface area contributed by atoms with Gasteiger partial charge in [-0.15, -0.1) is 6.42 Å². The highest BCUT2D eigenvalue weighted by molar-refractivity contribution is 14.1. The highest BCUT2D eigenvalue weighted by Gasteiger charge is 2.33. The molecule has 0 aliphatic heterocycles. The molecule has 0 radical (unpaired) electrons. The molecule has 1 rings (SSSR count). The van der Waals surface area contributed by atoms with Crippen LogP contribution in [0.15, 0.2) is 30.3 Å². The van der Waals surface area contributed by atoms with Gasteiger partial charge in [-0.05, 0) is 59.8 Å². The van der Waals surface area contributed by atoms with Crippen LogP contribution < -0.4 is 0 Å². The average molecular weight is 539 g/mol. The van der Waals surface area contributed by atoms with Crippen molar-refractivity contribution in [2.45, 2.75) is 114 Å². The van der Waals surface area contributed by atoms with E-state index in [0.29, 0.717) is 4.05 Å². The summed E-state index contributed by atoms with van der Waals surface area (Å²) in [5.74, 6) is 3.08. The average Bonchev–Trinajstić information content (AvgIpc) is 2.78. The minimum absolute atomic E-state index is 0.552. The summed E-state index contributed by atoms with van der Waals surface area (Å²) >= 11 is 2.72. The molecule has 0 saturated heterocycles. The van der Waals surface area contributed by atoms with E-state index in [-0.39, 0.29) is 0 Å². The summed E-state index contributed by atoms with van der Waals surface area (Å²) in [6.07, 6.45) is 26.3. The molecule has 1 atom stereocenters. The third kappa shape index (κ3) is 12.9. The van der Waals surface area contributed by atoms with Crippen LogP contribution in [-0.4, -0.2) is 28.2 Å². The van der Waals surface area contributed by atoms with Gasteiger partial charge in [-0.1, -0.05) is 108 Å². The van der Waals surface area contributed by atoms with Crippen LogP contribution in [0, 0.1) is 12.3 Å². The maximum Gasteiger partial charge on any atom is 0.144 e. The lowest BCUT2D eigenvalue weighted by Crippen LogP contribution is -2.55. The highest BCUT2D eigenvalue weighted by atomic mass is 127. The number of unbranched alkanes of at least 4 members (excludes halogenated alkanes) is 12. The Morgan fingerprint density at radius 3 is 1.65 bits per heavy atom. The number of quaternary nitrogens is 1. The Balaban J connectivity index is 2.65. The second kappa shape index (κ2) is 19.0. The van der Waals surface area contributed by atoms with Crippen molar-refractivity contribution in [3.63, 3.8) is 0 Å². The number of hydrogen-bond acceptors (Lipinski definition) is 0. The van der Waals surface area contributed by atoms with Crippen LogP contribution >= 0.6 is 22.6 Å². The summed E-state index contributed by atoms with van der Waals surface area (Å²) < 4.78 is 1.66. The molecular formula is C29H49IN+. The molecule has 0 saturated carbocycles. The zero-order valence-electron chi connectivity index (χ0n) is 20.6. The van der Waals surface area contributed by atoms with Crippen LogP contribution in [0.25, 0.3) is 0 Å². The number of halogens is 1. The van der Waals surface area contributed by atoms with Crippen molar-refractivity contribution in [2.75, 3.05) is 19.6 Å². The molecule has 1 aromatic rings. The summed E-state index contributed by atoms with van der Waals surface area (Å²) in [7, 11) is 0. The molecule has 2 heteroatoms. The van der Waals surface area contributed by atoms with E-state index in [2.05, 4.69) is 72.7 Å². The van der Waals surface area contributed by atoms with Gasteiger partial charge in [0.25, 0.3) is 0 Å². The maximum absolute atomic E-state index is 5.95. The lowest BCUT2D eigenvalue weighted by Gasteiger charge is -2.42. The molecule has 31 heavy (non-hydrogen) atoms. The molecule has 0 aliphatic rings. The topological polar surface area (TPSA) is 0 Å². The normalized spacial score (nSPS) is 12.6. The van der Waals surface area contributed by atoms with E-state index in [1.807, 2.05) is 0 Å². The molecule has 0 amide bonds. The number of terminal acetylenes is 1. The zero-order valence-corrected chi connectivity index (χ0v) is 22.8. The molecular weight excluding hydrogens is 489 g/mol. The summed E-state index contributed by atoms with van der Waals surface area (Å²) in [6.45, 7) is 7.96. The van der Waals surface area contributed by atoms with E-state index in [9.17, 15) is 0 Å². The van der Waals surface area contributed by atoms with Gasteiger partial charge in [0, 0.05) is 6.42 Å². The molecule has 0 N–H and O–H groups in total. The summed E-state index contributed by atoms with van der Waals surface area (Å²) in [5, 5.41) is 0. The standard InChI is InChI=1S/C29H49IN/c1-4-7-9-11-13-15-20-25-31(24-6-3,26-21-16-14-12-10-8-5-2)29(30)27-28-22-18-17-19-23-28/h3,17-19,22-23,29H,4-5,7-16,20-21,24-27H2,1-2H3/q+1. The summed E-state index contributed by atoms with van der Waals surface area (Å²) in [4.78, 5) is 0.